The Balaban J connectivity index is 1.28. The van der Waals surface area contributed by atoms with E-state index in [0.717, 1.165) is 16.3 Å². The van der Waals surface area contributed by atoms with E-state index < -0.39 is 12.1 Å². The summed E-state index contributed by atoms with van der Waals surface area (Å²) in [6.07, 6.45) is 0.767. The fourth-order valence-corrected chi connectivity index (χ4v) is 3.27. The van der Waals surface area contributed by atoms with Crippen LogP contribution in [-0.4, -0.2) is 31.3 Å². The van der Waals surface area contributed by atoms with Crippen molar-refractivity contribution in [3.8, 4) is 17.2 Å². The molecule has 0 heterocycles. The van der Waals surface area contributed by atoms with Crippen molar-refractivity contribution in [1.82, 2.24) is 5.43 Å². The Morgan fingerprint density at radius 3 is 2.20 bits per heavy atom. The Morgan fingerprint density at radius 2 is 1.49 bits per heavy atom. The number of amides is 1. The van der Waals surface area contributed by atoms with Crippen LogP contribution in [0.5, 0.6) is 17.2 Å². The first-order valence-electron chi connectivity index (χ1n) is 11.0. The smallest absolute Gasteiger partial charge is 0.343 e. The molecule has 0 spiro atoms. The number of esters is 1. The molecule has 0 aliphatic rings. The van der Waals surface area contributed by atoms with E-state index in [9.17, 15) is 9.59 Å². The molecule has 4 rings (SSSR count). The summed E-state index contributed by atoms with van der Waals surface area (Å²) in [5, 5.41) is 6.12. The van der Waals surface area contributed by atoms with Gasteiger partial charge in [0.2, 0.25) is 0 Å². The molecule has 0 aliphatic heterocycles. The van der Waals surface area contributed by atoms with Crippen molar-refractivity contribution < 1.29 is 23.8 Å². The van der Waals surface area contributed by atoms with Crippen LogP contribution in [0.4, 0.5) is 0 Å². The van der Waals surface area contributed by atoms with Gasteiger partial charge < -0.3 is 14.2 Å². The van der Waals surface area contributed by atoms with Crippen molar-refractivity contribution in [2.24, 2.45) is 5.10 Å². The van der Waals surface area contributed by atoms with Crippen LogP contribution >= 0.6 is 0 Å². The Morgan fingerprint density at radius 1 is 0.829 bits per heavy atom. The molecule has 4 aromatic rings. The number of hydrogen-bond donors (Lipinski definition) is 1. The molecule has 0 unspecified atom stereocenters. The first kappa shape index (κ1) is 23.5. The molecule has 176 valence electrons. The van der Waals surface area contributed by atoms with E-state index in [0.29, 0.717) is 22.8 Å². The summed E-state index contributed by atoms with van der Waals surface area (Å²) < 4.78 is 16.2. The molecule has 0 radical (unpaired) electrons. The highest BCUT2D eigenvalue weighted by Crippen LogP contribution is 2.21. The van der Waals surface area contributed by atoms with Crippen molar-refractivity contribution in [3.05, 3.63) is 102 Å². The topological polar surface area (TPSA) is 86.2 Å². The average Bonchev–Trinajstić information content (AvgIpc) is 2.89. The Hall–Kier alpha value is -4.65. The van der Waals surface area contributed by atoms with Gasteiger partial charge in [-0.2, -0.15) is 5.10 Å². The summed E-state index contributed by atoms with van der Waals surface area (Å²) in [5.41, 5.74) is 3.61. The lowest BCUT2D eigenvalue weighted by Gasteiger charge is -2.13. The van der Waals surface area contributed by atoms with Gasteiger partial charge in [-0.15, -0.1) is 0 Å². The molecular formula is C28H24N2O5. The minimum absolute atomic E-state index is 0.376. The number of carbonyl (C=O) groups excluding carboxylic acids is 2. The standard InChI is InChI=1S/C28H24N2O5/c1-19(34-26-16-9-21-5-3-4-6-23(21)17-26)27(31)30-29-18-20-7-12-25(13-8-20)35-28(32)22-10-14-24(33-2)15-11-22/h3-19H,1-2H3,(H,30,31)/b29-18-/t19-/m1/s1. The van der Waals surface area contributed by atoms with Gasteiger partial charge >= 0.3 is 5.97 Å². The number of benzene rings is 4. The fraction of sp³-hybridized carbons (Fsp3) is 0.107. The third-order valence-corrected chi connectivity index (χ3v) is 5.21. The summed E-state index contributed by atoms with van der Waals surface area (Å²) in [6.45, 7) is 1.66. The zero-order valence-corrected chi connectivity index (χ0v) is 19.3. The van der Waals surface area contributed by atoms with Crippen molar-refractivity contribution in [2.75, 3.05) is 7.11 Å². The van der Waals surface area contributed by atoms with Crippen LogP contribution in [0.25, 0.3) is 10.8 Å². The molecule has 0 fully saturated rings. The minimum Gasteiger partial charge on any atom is -0.497 e. The molecule has 0 bridgehead atoms. The van der Waals surface area contributed by atoms with Crippen molar-refractivity contribution >= 4 is 28.9 Å². The van der Waals surface area contributed by atoms with Gasteiger partial charge in [0.05, 0.1) is 18.9 Å². The molecule has 7 heteroatoms. The van der Waals surface area contributed by atoms with Gasteiger partial charge in [0.25, 0.3) is 5.91 Å². The molecule has 0 saturated carbocycles. The number of hydrazone groups is 1. The van der Waals surface area contributed by atoms with Gasteiger partial charge in [0.1, 0.15) is 17.2 Å². The number of methoxy groups -OCH3 is 1. The fourth-order valence-electron chi connectivity index (χ4n) is 3.27. The molecule has 7 nitrogen and oxygen atoms in total. The number of fused-ring (bicyclic) bond motifs is 1. The Labute approximate surface area is 202 Å². The van der Waals surface area contributed by atoms with E-state index in [2.05, 4.69) is 10.5 Å². The number of nitrogens with one attached hydrogen (secondary N) is 1. The lowest BCUT2D eigenvalue weighted by molar-refractivity contribution is -0.127. The van der Waals surface area contributed by atoms with Gasteiger partial charge in [-0.25, -0.2) is 10.2 Å². The number of carbonyl (C=O) groups is 2. The van der Waals surface area contributed by atoms with Gasteiger partial charge in [-0.1, -0.05) is 30.3 Å². The van der Waals surface area contributed by atoms with E-state index in [1.165, 1.54) is 6.21 Å². The largest absolute Gasteiger partial charge is 0.497 e. The summed E-state index contributed by atoms with van der Waals surface area (Å²) in [7, 11) is 1.56. The average molecular weight is 469 g/mol. The van der Waals surface area contributed by atoms with E-state index in [-0.39, 0.29) is 5.91 Å². The maximum absolute atomic E-state index is 12.3. The number of ether oxygens (including phenoxy) is 3. The van der Waals surface area contributed by atoms with Crippen LogP contribution in [-0.2, 0) is 4.79 Å². The first-order valence-corrected chi connectivity index (χ1v) is 11.0. The van der Waals surface area contributed by atoms with E-state index in [1.54, 1.807) is 62.6 Å². The third-order valence-electron chi connectivity index (χ3n) is 5.21. The van der Waals surface area contributed by atoms with Gasteiger partial charge in [-0.05, 0) is 83.9 Å². The zero-order valence-electron chi connectivity index (χ0n) is 19.3. The lowest BCUT2D eigenvalue weighted by atomic mass is 10.1. The lowest BCUT2D eigenvalue weighted by Crippen LogP contribution is -2.33. The third kappa shape index (κ3) is 6.23. The highest BCUT2D eigenvalue weighted by atomic mass is 16.5. The maximum atomic E-state index is 12.3. The van der Waals surface area contributed by atoms with Gasteiger partial charge in [0.15, 0.2) is 6.10 Å². The monoisotopic (exact) mass is 468 g/mol. The second kappa shape index (κ2) is 11.0. The van der Waals surface area contributed by atoms with Gasteiger partial charge in [-0.3, -0.25) is 4.79 Å². The van der Waals surface area contributed by atoms with E-state index >= 15 is 0 Å². The quantitative estimate of drug-likeness (QED) is 0.171. The number of rotatable bonds is 8. The predicted molar refractivity (Wildman–Crippen MR) is 134 cm³/mol. The van der Waals surface area contributed by atoms with Crippen LogP contribution in [0.1, 0.15) is 22.8 Å². The van der Waals surface area contributed by atoms with Crippen molar-refractivity contribution in [2.45, 2.75) is 13.0 Å². The van der Waals surface area contributed by atoms with Crippen LogP contribution in [0.3, 0.4) is 0 Å². The second-order valence-corrected chi connectivity index (χ2v) is 7.69. The van der Waals surface area contributed by atoms with Crippen LogP contribution in [0, 0.1) is 0 Å². The van der Waals surface area contributed by atoms with Crippen LogP contribution in [0.2, 0.25) is 0 Å². The molecular weight excluding hydrogens is 444 g/mol. The highest BCUT2D eigenvalue weighted by molar-refractivity contribution is 5.91. The molecule has 1 N–H and O–H groups in total. The molecule has 35 heavy (non-hydrogen) atoms. The maximum Gasteiger partial charge on any atom is 0.343 e. The number of hydrogen-bond acceptors (Lipinski definition) is 6. The summed E-state index contributed by atoms with van der Waals surface area (Å²) in [4.78, 5) is 24.6. The molecule has 1 amide bonds. The molecule has 1 atom stereocenters. The Bertz CT molecular complexity index is 1350. The molecule has 0 aromatic heterocycles. The molecule has 4 aromatic carbocycles. The number of nitrogens with zero attached hydrogens (tertiary/aromatic N) is 1. The second-order valence-electron chi connectivity index (χ2n) is 7.69. The highest BCUT2D eigenvalue weighted by Gasteiger charge is 2.14. The first-order chi connectivity index (χ1) is 17.0. The summed E-state index contributed by atoms with van der Waals surface area (Å²) in [5.74, 6) is 0.813. The molecule has 0 saturated heterocycles. The van der Waals surface area contributed by atoms with E-state index in [4.69, 9.17) is 14.2 Å². The van der Waals surface area contributed by atoms with Crippen molar-refractivity contribution in [1.29, 1.82) is 0 Å². The normalized spacial score (nSPS) is 11.7. The van der Waals surface area contributed by atoms with Crippen LogP contribution < -0.4 is 19.6 Å². The zero-order chi connectivity index (χ0) is 24.6. The molecule has 0 aliphatic carbocycles. The minimum atomic E-state index is -0.729. The predicted octanol–water partition coefficient (Wildman–Crippen LogP) is 4.99. The summed E-state index contributed by atoms with van der Waals surface area (Å²) in [6, 6.07) is 27.0. The SMILES string of the molecule is COc1ccc(C(=O)Oc2ccc(/C=N\NC(=O)[C@@H](C)Oc3ccc4ccccc4c3)cc2)cc1. The van der Waals surface area contributed by atoms with Gasteiger partial charge in [0, 0.05) is 0 Å². The summed E-state index contributed by atoms with van der Waals surface area (Å²) >= 11 is 0. The van der Waals surface area contributed by atoms with E-state index in [1.807, 2.05) is 42.5 Å². The van der Waals surface area contributed by atoms with Crippen molar-refractivity contribution in [3.63, 3.8) is 0 Å². The van der Waals surface area contributed by atoms with Crippen LogP contribution in [0.15, 0.2) is 96.1 Å². The Kier molecular flexibility index (Phi) is 7.37.